The van der Waals surface area contributed by atoms with Gasteiger partial charge in [-0.15, -0.1) is 0 Å². The van der Waals surface area contributed by atoms with Crippen LogP contribution in [-0.4, -0.2) is 47.2 Å². The molecular formula is C10H20N2O2. The van der Waals surface area contributed by atoms with Crippen LogP contribution in [0.3, 0.4) is 0 Å². The summed E-state index contributed by atoms with van der Waals surface area (Å²) >= 11 is 0. The Morgan fingerprint density at radius 3 is 2.57 bits per heavy atom. The molecule has 0 spiro atoms. The third-order valence-electron chi connectivity index (χ3n) is 2.67. The zero-order valence-corrected chi connectivity index (χ0v) is 9.21. The van der Waals surface area contributed by atoms with Crippen molar-refractivity contribution in [3.05, 3.63) is 0 Å². The van der Waals surface area contributed by atoms with E-state index >= 15 is 0 Å². The lowest BCUT2D eigenvalue weighted by atomic mass is 10.0. The van der Waals surface area contributed by atoms with E-state index in [0.29, 0.717) is 19.6 Å². The summed E-state index contributed by atoms with van der Waals surface area (Å²) in [6, 6.07) is 0. The Kier molecular flexibility index (Phi) is 3.50. The van der Waals surface area contributed by atoms with Gasteiger partial charge < -0.3 is 10.4 Å². The van der Waals surface area contributed by atoms with Crippen molar-refractivity contribution < 1.29 is 9.90 Å². The van der Waals surface area contributed by atoms with Gasteiger partial charge in [0.2, 0.25) is 5.91 Å². The molecule has 0 aromatic carbocycles. The molecule has 0 aromatic rings. The molecule has 0 unspecified atom stereocenters. The zero-order valence-electron chi connectivity index (χ0n) is 9.21. The molecule has 14 heavy (non-hydrogen) atoms. The van der Waals surface area contributed by atoms with E-state index in [9.17, 15) is 4.79 Å². The van der Waals surface area contributed by atoms with Crippen molar-refractivity contribution in [3.63, 3.8) is 0 Å². The number of aliphatic hydroxyl groups excluding tert-OH is 1. The number of rotatable bonds is 4. The molecule has 2 N–H and O–H groups in total. The number of likely N-dealkylation sites (tertiary alicyclic amines) is 1. The third-order valence-corrected chi connectivity index (χ3v) is 2.67. The average molecular weight is 200 g/mol. The Morgan fingerprint density at radius 2 is 2.14 bits per heavy atom. The molecule has 1 fully saturated rings. The molecule has 0 bridgehead atoms. The maximum absolute atomic E-state index is 11.5. The zero-order chi connectivity index (χ0) is 10.8. The van der Waals surface area contributed by atoms with E-state index in [1.54, 1.807) is 0 Å². The van der Waals surface area contributed by atoms with E-state index in [4.69, 9.17) is 5.11 Å². The van der Waals surface area contributed by atoms with Gasteiger partial charge in [-0.25, -0.2) is 0 Å². The van der Waals surface area contributed by atoms with Crippen LogP contribution in [0.1, 0.15) is 27.2 Å². The van der Waals surface area contributed by atoms with Crippen molar-refractivity contribution in [1.29, 1.82) is 0 Å². The number of nitrogens with one attached hydrogen (secondary N) is 1. The highest BCUT2D eigenvalue weighted by molar-refractivity contribution is 5.78. The van der Waals surface area contributed by atoms with Gasteiger partial charge in [0.05, 0.1) is 12.6 Å². The summed E-state index contributed by atoms with van der Waals surface area (Å²) < 4.78 is 0. The second-order valence-corrected chi connectivity index (χ2v) is 4.63. The molecule has 4 heteroatoms. The fourth-order valence-electron chi connectivity index (χ4n) is 1.38. The average Bonchev–Trinajstić information content (AvgIpc) is 2.00. The molecule has 4 nitrogen and oxygen atoms in total. The monoisotopic (exact) mass is 200 g/mol. The summed E-state index contributed by atoms with van der Waals surface area (Å²) in [5.41, 5.74) is -0.124. The molecule has 0 aromatic heterocycles. The molecule has 1 saturated heterocycles. The van der Waals surface area contributed by atoms with E-state index in [1.807, 2.05) is 25.7 Å². The highest BCUT2D eigenvalue weighted by atomic mass is 16.3. The van der Waals surface area contributed by atoms with E-state index < -0.39 is 0 Å². The smallest absolute Gasteiger partial charge is 0.234 e. The van der Waals surface area contributed by atoms with Crippen LogP contribution in [0.5, 0.6) is 0 Å². The van der Waals surface area contributed by atoms with Gasteiger partial charge in [0.1, 0.15) is 0 Å². The SMILES string of the molecule is CCC(C)(C)NC(=O)CN1CC(O)C1. The van der Waals surface area contributed by atoms with Crippen LogP contribution in [0.15, 0.2) is 0 Å². The largest absolute Gasteiger partial charge is 0.390 e. The highest BCUT2D eigenvalue weighted by Crippen LogP contribution is 2.09. The minimum Gasteiger partial charge on any atom is -0.390 e. The molecule has 0 aliphatic carbocycles. The minimum absolute atomic E-state index is 0.0451. The molecular weight excluding hydrogens is 180 g/mol. The van der Waals surface area contributed by atoms with Gasteiger partial charge in [-0.3, -0.25) is 9.69 Å². The lowest BCUT2D eigenvalue weighted by molar-refractivity contribution is -0.126. The van der Waals surface area contributed by atoms with Crippen LogP contribution < -0.4 is 5.32 Å². The third kappa shape index (κ3) is 3.27. The maximum atomic E-state index is 11.5. The van der Waals surface area contributed by atoms with Crippen molar-refractivity contribution in [2.75, 3.05) is 19.6 Å². The molecule has 1 amide bonds. The lowest BCUT2D eigenvalue weighted by Gasteiger charge is -2.36. The van der Waals surface area contributed by atoms with Crippen molar-refractivity contribution in [3.8, 4) is 0 Å². The fourth-order valence-corrected chi connectivity index (χ4v) is 1.38. The predicted molar refractivity (Wildman–Crippen MR) is 55.0 cm³/mol. The molecule has 82 valence electrons. The Bertz CT molecular complexity index is 210. The summed E-state index contributed by atoms with van der Waals surface area (Å²) in [5, 5.41) is 12.0. The summed E-state index contributed by atoms with van der Waals surface area (Å²) in [7, 11) is 0. The molecule has 1 rings (SSSR count). The second-order valence-electron chi connectivity index (χ2n) is 4.63. The quantitative estimate of drug-likeness (QED) is 0.670. The molecule has 1 heterocycles. The number of carbonyl (C=O) groups is 1. The molecule has 1 aliphatic heterocycles. The van der Waals surface area contributed by atoms with E-state index in [0.717, 1.165) is 6.42 Å². The standard InChI is InChI=1S/C10H20N2O2/c1-4-10(2,3)11-9(14)7-12-5-8(13)6-12/h8,13H,4-7H2,1-3H3,(H,11,14). The number of aliphatic hydroxyl groups is 1. The van der Waals surface area contributed by atoms with Gasteiger partial charge in [0.15, 0.2) is 0 Å². The number of nitrogens with zero attached hydrogens (tertiary/aromatic N) is 1. The summed E-state index contributed by atoms with van der Waals surface area (Å²) in [5.74, 6) is 0.0451. The van der Waals surface area contributed by atoms with Crippen LogP contribution in [0.25, 0.3) is 0 Å². The molecule has 1 aliphatic rings. The Hall–Kier alpha value is -0.610. The first kappa shape index (κ1) is 11.5. The number of carbonyl (C=O) groups excluding carboxylic acids is 1. The first-order valence-electron chi connectivity index (χ1n) is 5.14. The number of β-amino-alcohol motifs (C(OH)–C–C–N with tert-alkyl or cyclic N) is 1. The van der Waals surface area contributed by atoms with Gasteiger partial charge in [0, 0.05) is 18.6 Å². The van der Waals surface area contributed by atoms with E-state index in [-0.39, 0.29) is 17.6 Å². The van der Waals surface area contributed by atoms with E-state index in [1.165, 1.54) is 0 Å². The first-order chi connectivity index (χ1) is 6.43. The van der Waals surface area contributed by atoms with Crippen LogP contribution in [-0.2, 0) is 4.79 Å². The fraction of sp³-hybridized carbons (Fsp3) is 0.900. The summed E-state index contributed by atoms with van der Waals surface area (Å²) in [6.45, 7) is 7.72. The molecule has 0 atom stereocenters. The van der Waals surface area contributed by atoms with Crippen LogP contribution in [0.4, 0.5) is 0 Å². The van der Waals surface area contributed by atoms with Crippen molar-refractivity contribution in [1.82, 2.24) is 10.2 Å². The first-order valence-corrected chi connectivity index (χ1v) is 5.14. The second kappa shape index (κ2) is 4.28. The van der Waals surface area contributed by atoms with Gasteiger partial charge in [-0.2, -0.15) is 0 Å². The van der Waals surface area contributed by atoms with Gasteiger partial charge >= 0.3 is 0 Å². The van der Waals surface area contributed by atoms with Gasteiger partial charge in [-0.05, 0) is 20.3 Å². The Labute approximate surface area is 85.3 Å². The number of amides is 1. The van der Waals surface area contributed by atoms with Crippen molar-refractivity contribution in [2.24, 2.45) is 0 Å². The Morgan fingerprint density at radius 1 is 1.57 bits per heavy atom. The Balaban J connectivity index is 2.22. The molecule has 0 saturated carbocycles. The van der Waals surface area contributed by atoms with Crippen molar-refractivity contribution in [2.45, 2.75) is 38.8 Å². The van der Waals surface area contributed by atoms with Gasteiger partial charge in [0.25, 0.3) is 0 Å². The maximum Gasteiger partial charge on any atom is 0.234 e. The van der Waals surface area contributed by atoms with Crippen LogP contribution >= 0.6 is 0 Å². The van der Waals surface area contributed by atoms with Crippen LogP contribution in [0, 0.1) is 0 Å². The van der Waals surface area contributed by atoms with Gasteiger partial charge in [-0.1, -0.05) is 6.92 Å². The molecule has 0 radical (unpaired) electrons. The highest BCUT2D eigenvalue weighted by Gasteiger charge is 2.27. The normalized spacial score (nSPS) is 19.1. The topological polar surface area (TPSA) is 52.6 Å². The van der Waals surface area contributed by atoms with Crippen molar-refractivity contribution >= 4 is 5.91 Å². The lowest BCUT2D eigenvalue weighted by Crippen LogP contribution is -2.55. The number of hydrogen-bond donors (Lipinski definition) is 2. The minimum atomic E-state index is -0.234. The summed E-state index contributed by atoms with van der Waals surface area (Å²) in [4.78, 5) is 13.4. The van der Waals surface area contributed by atoms with Crippen LogP contribution in [0.2, 0.25) is 0 Å². The predicted octanol–water partition coefficient (Wildman–Crippen LogP) is -0.0323. The summed E-state index contributed by atoms with van der Waals surface area (Å²) in [6.07, 6.45) is 0.684. The number of hydrogen-bond acceptors (Lipinski definition) is 3. The van der Waals surface area contributed by atoms with E-state index in [2.05, 4.69) is 5.32 Å².